The van der Waals surface area contributed by atoms with E-state index < -0.39 is 0 Å². The Kier molecular flexibility index (Phi) is 3.93. The van der Waals surface area contributed by atoms with Gasteiger partial charge in [0.15, 0.2) is 0 Å². The fraction of sp³-hybridized carbons (Fsp3) is 0.0667. The smallest absolute Gasteiger partial charge is 0.279 e. The third-order valence-electron chi connectivity index (χ3n) is 2.52. The summed E-state index contributed by atoms with van der Waals surface area (Å²) in [4.78, 5) is 15.6. The van der Waals surface area contributed by atoms with Gasteiger partial charge in [-0.1, -0.05) is 43.0 Å². The molecule has 0 aliphatic carbocycles. The molecule has 0 aromatic heterocycles. The van der Waals surface area contributed by atoms with E-state index >= 15 is 0 Å². The van der Waals surface area contributed by atoms with Gasteiger partial charge in [0.25, 0.3) is 5.91 Å². The van der Waals surface area contributed by atoms with E-state index in [0.29, 0.717) is 11.1 Å². The van der Waals surface area contributed by atoms with Gasteiger partial charge in [0, 0.05) is 0 Å². The monoisotopic (exact) mass is 255 g/mol. The highest BCUT2D eigenvalue weighted by Crippen LogP contribution is 2.20. The van der Waals surface area contributed by atoms with Crippen LogP contribution in [0.15, 0.2) is 65.7 Å². The van der Waals surface area contributed by atoms with E-state index in [1.54, 1.807) is 42.5 Å². The molecule has 0 fully saturated rings. The van der Waals surface area contributed by atoms with Crippen molar-refractivity contribution < 1.29 is 14.6 Å². The summed E-state index contributed by atoms with van der Waals surface area (Å²) in [5, 5.41) is 9.68. The van der Waals surface area contributed by atoms with Crippen LogP contribution in [0.2, 0.25) is 0 Å². The Bertz CT molecular complexity index is 597. The first-order valence-electron chi connectivity index (χ1n) is 5.75. The molecule has 0 saturated heterocycles. The van der Waals surface area contributed by atoms with Crippen LogP contribution in [-0.4, -0.2) is 23.5 Å². The molecular weight excluding hydrogens is 242 g/mol. The van der Waals surface area contributed by atoms with Crippen molar-refractivity contribution in [3.05, 3.63) is 66.3 Å². The molecular formula is C15H13NO3. The first-order chi connectivity index (χ1) is 9.22. The van der Waals surface area contributed by atoms with Crippen molar-refractivity contribution in [3.8, 4) is 5.75 Å². The molecule has 2 rings (SSSR count). The summed E-state index contributed by atoms with van der Waals surface area (Å²) < 4.78 is 5.40. The summed E-state index contributed by atoms with van der Waals surface area (Å²) in [6.07, 6.45) is 6.66. The topological polar surface area (TPSA) is 58.9 Å². The molecule has 0 saturated carbocycles. The molecule has 1 aromatic rings. The number of carbonyl (C=O) groups is 1. The molecule has 0 spiro atoms. The number of hydrogen-bond acceptors (Lipinski definition) is 3. The normalized spacial score (nSPS) is 17.4. The van der Waals surface area contributed by atoms with Crippen LogP contribution in [0.5, 0.6) is 5.75 Å². The Morgan fingerprint density at radius 1 is 1.32 bits per heavy atom. The number of phenolic OH excluding ortho intramolecular Hbond substituents is 1. The summed E-state index contributed by atoms with van der Waals surface area (Å²) in [6, 6.07) is 6.59. The predicted molar refractivity (Wildman–Crippen MR) is 73.0 cm³/mol. The molecule has 0 radical (unpaired) electrons. The van der Waals surface area contributed by atoms with Gasteiger partial charge in [-0.3, -0.25) is 4.79 Å². The number of ether oxygens (including phenoxy) is 1. The van der Waals surface area contributed by atoms with Crippen molar-refractivity contribution in [3.63, 3.8) is 0 Å². The number of rotatable bonds is 3. The number of aromatic hydroxyl groups is 1. The zero-order valence-corrected chi connectivity index (χ0v) is 10.2. The SMILES string of the molecule is C=C/C=C\C=C1/COC(c2ccccc2O)=NC1=O. The number of nitrogens with zero attached hydrogens (tertiary/aromatic N) is 1. The predicted octanol–water partition coefficient (Wildman–Crippen LogP) is 2.36. The highest BCUT2D eigenvalue weighted by molar-refractivity contribution is 6.10. The van der Waals surface area contributed by atoms with Crippen LogP contribution in [0.4, 0.5) is 0 Å². The van der Waals surface area contributed by atoms with E-state index in [4.69, 9.17) is 4.74 Å². The lowest BCUT2D eigenvalue weighted by molar-refractivity contribution is -0.115. The Balaban J connectivity index is 2.25. The van der Waals surface area contributed by atoms with Crippen molar-refractivity contribution >= 4 is 11.8 Å². The van der Waals surface area contributed by atoms with Gasteiger partial charge in [0.1, 0.15) is 12.4 Å². The van der Waals surface area contributed by atoms with Gasteiger partial charge in [-0.25, -0.2) is 0 Å². The van der Waals surface area contributed by atoms with E-state index in [-0.39, 0.29) is 24.2 Å². The van der Waals surface area contributed by atoms with Gasteiger partial charge in [-0.05, 0) is 12.1 Å². The Labute approximate surface area is 111 Å². The number of phenols is 1. The number of hydrogen-bond donors (Lipinski definition) is 1. The van der Waals surface area contributed by atoms with Crippen LogP contribution in [0.1, 0.15) is 5.56 Å². The van der Waals surface area contributed by atoms with Gasteiger partial charge in [0.2, 0.25) is 5.90 Å². The van der Waals surface area contributed by atoms with Crippen LogP contribution >= 0.6 is 0 Å². The molecule has 96 valence electrons. The first kappa shape index (κ1) is 12.8. The molecule has 1 aliphatic heterocycles. The molecule has 1 N–H and O–H groups in total. The minimum absolute atomic E-state index is 0.0352. The maximum absolute atomic E-state index is 11.8. The second-order valence-corrected chi connectivity index (χ2v) is 3.84. The lowest BCUT2D eigenvalue weighted by atomic mass is 10.1. The summed E-state index contributed by atoms with van der Waals surface area (Å²) >= 11 is 0. The van der Waals surface area contributed by atoms with Gasteiger partial charge < -0.3 is 9.84 Å². The molecule has 1 amide bonds. The average Bonchev–Trinajstić information content (AvgIpc) is 2.41. The van der Waals surface area contributed by atoms with E-state index in [0.717, 1.165) is 0 Å². The van der Waals surface area contributed by atoms with Crippen molar-refractivity contribution in [2.24, 2.45) is 4.99 Å². The molecule has 4 nitrogen and oxygen atoms in total. The number of carbonyl (C=O) groups excluding carboxylic acids is 1. The van der Waals surface area contributed by atoms with Crippen LogP contribution in [0, 0.1) is 0 Å². The van der Waals surface area contributed by atoms with Crippen LogP contribution < -0.4 is 0 Å². The molecule has 19 heavy (non-hydrogen) atoms. The fourth-order valence-electron chi connectivity index (χ4n) is 1.57. The molecule has 0 unspecified atom stereocenters. The van der Waals surface area contributed by atoms with Crippen LogP contribution in [-0.2, 0) is 9.53 Å². The maximum Gasteiger partial charge on any atom is 0.279 e. The number of benzene rings is 1. The summed E-state index contributed by atoms with van der Waals surface area (Å²) in [5.41, 5.74) is 0.869. The van der Waals surface area contributed by atoms with Crippen molar-refractivity contribution in [2.75, 3.05) is 6.61 Å². The fourth-order valence-corrected chi connectivity index (χ4v) is 1.57. The van der Waals surface area contributed by atoms with E-state index in [9.17, 15) is 9.90 Å². The zero-order chi connectivity index (χ0) is 13.7. The van der Waals surface area contributed by atoms with Gasteiger partial charge in [-0.2, -0.15) is 4.99 Å². The standard InChI is InChI=1S/C15H13NO3/c1-2-3-4-7-11-10-19-15(16-14(11)18)12-8-5-6-9-13(12)17/h2-9,17H,1,10H2/b4-3-,11-7+. The maximum atomic E-state index is 11.8. The zero-order valence-electron chi connectivity index (χ0n) is 10.2. The van der Waals surface area contributed by atoms with Crippen molar-refractivity contribution in [1.82, 2.24) is 0 Å². The number of para-hydroxylation sites is 1. The quantitative estimate of drug-likeness (QED) is 0.666. The highest BCUT2D eigenvalue weighted by Gasteiger charge is 2.20. The summed E-state index contributed by atoms with van der Waals surface area (Å²) in [5.74, 6) is -0.181. The molecule has 1 aliphatic rings. The van der Waals surface area contributed by atoms with E-state index in [1.807, 2.05) is 0 Å². The third kappa shape index (κ3) is 2.98. The minimum Gasteiger partial charge on any atom is -0.507 e. The Hall–Kier alpha value is -2.62. The molecule has 1 heterocycles. The number of aliphatic imine (C=N–C) groups is 1. The Morgan fingerprint density at radius 3 is 2.79 bits per heavy atom. The summed E-state index contributed by atoms with van der Waals surface area (Å²) in [7, 11) is 0. The van der Waals surface area contributed by atoms with Crippen LogP contribution in [0.25, 0.3) is 0 Å². The average molecular weight is 255 g/mol. The van der Waals surface area contributed by atoms with Gasteiger partial charge in [-0.15, -0.1) is 0 Å². The third-order valence-corrected chi connectivity index (χ3v) is 2.52. The Morgan fingerprint density at radius 2 is 2.11 bits per heavy atom. The largest absolute Gasteiger partial charge is 0.507 e. The lowest BCUT2D eigenvalue weighted by Gasteiger charge is -2.15. The second-order valence-electron chi connectivity index (χ2n) is 3.84. The lowest BCUT2D eigenvalue weighted by Crippen LogP contribution is -2.21. The van der Waals surface area contributed by atoms with Crippen molar-refractivity contribution in [1.29, 1.82) is 0 Å². The highest BCUT2D eigenvalue weighted by atomic mass is 16.5. The van der Waals surface area contributed by atoms with E-state index in [1.165, 1.54) is 6.07 Å². The second kappa shape index (κ2) is 5.82. The number of allylic oxidation sites excluding steroid dienone is 4. The minimum atomic E-state index is -0.363. The molecule has 4 heteroatoms. The molecule has 1 aromatic carbocycles. The van der Waals surface area contributed by atoms with E-state index in [2.05, 4.69) is 11.6 Å². The molecule has 0 atom stereocenters. The van der Waals surface area contributed by atoms with Gasteiger partial charge >= 0.3 is 0 Å². The van der Waals surface area contributed by atoms with Gasteiger partial charge in [0.05, 0.1) is 11.1 Å². The first-order valence-corrected chi connectivity index (χ1v) is 5.75. The van der Waals surface area contributed by atoms with Crippen LogP contribution in [0.3, 0.4) is 0 Å². The number of amides is 1. The van der Waals surface area contributed by atoms with Crippen molar-refractivity contribution in [2.45, 2.75) is 0 Å². The molecule has 0 bridgehead atoms. The summed E-state index contributed by atoms with van der Waals surface area (Å²) in [6.45, 7) is 3.67.